The van der Waals surface area contributed by atoms with Crippen LogP contribution in [0.5, 0.6) is 0 Å². The van der Waals surface area contributed by atoms with Gasteiger partial charge in [0.2, 0.25) is 0 Å². The molecular formula is C8H10O3. The lowest BCUT2D eigenvalue weighted by Crippen LogP contribution is -2.43. The highest BCUT2D eigenvalue weighted by Crippen LogP contribution is 2.36. The second kappa shape index (κ2) is 1.91. The Bertz CT molecular complexity index is 233. The normalized spacial score (nSPS) is 43.2. The van der Waals surface area contributed by atoms with Gasteiger partial charge in [-0.25, -0.2) is 0 Å². The number of hydrogen-bond acceptors (Lipinski definition) is 3. The molecule has 3 nitrogen and oxygen atoms in total. The van der Waals surface area contributed by atoms with Crippen molar-refractivity contribution in [2.24, 2.45) is 0 Å². The number of ether oxygens (including phenoxy) is 1. The SMILES string of the molecule is CC12CCC(O1)C(=O)CC2=O. The standard InChI is InChI=1S/C8H10O3/c1-8-3-2-6(11-8)5(9)4-7(8)10/h6H,2-4H2,1H3. The summed E-state index contributed by atoms with van der Waals surface area (Å²) in [5, 5.41) is 0. The first kappa shape index (κ1) is 6.98. The van der Waals surface area contributed by atoms with Crippen molar-refractivity contribution in [3.8, 4) is 0 Å². The van der Waals surface area contributed by atoms with Crippen molar-refractivity contribution in [2.45, 2.75) is 37.9 Å². The topological polar surface area (TPSA) is 43.4 Å². The predicted molar refractivity (Wildman–Crippen MR) is 37.1 cm³/mol. The lowest BCUT2D eigenvalue weighted by atomic mass is 9.95. The maximum atomic E-state index is 11.2. The number of fused-ring (bicyclic) bond motifs is 2. The zero-order chi connectivity index (χ0) is 8.06. The van der Waals surface area contributed by atoms with Gasteiger partial charge in [0.15, 0.2) is 11.6 Å². The van der Waals surface area contributed by atoms with E-state index in [1.165, 1.54) is 0 Å². The number of carbonyl (C=O) groups excluding carboxylic acids is 2. The smallest absolute Gasteiger partial charge is 0.171 e. The van der Waals surface area contributed by atoms with Crippen molar-refractivity contribution in [1.82, 2.24) is 0 Å². The van der Waals surface area contributed by atoms with Gasteiger partial charge in [0.05, 0.1) is 6.42 Å². The largest absolute Gasteiger partial charge is 0.356 e. The third-order valence-electron chi connectivity index (χ3n) is 2.57. The van der Waals surface area contributed by atoms with Crippen LogP contribution in [0, 0.1) is 0 Å². The number of hydrogen-bond donors (Lipinski definition) is 0. The van der Waals surface area contributed by atoms with Crippen molar-refractivity contribution in [1.29, 1.82) is 0 Å². The fourth-order valence-electron chi connectivity index (χ4n) is 1.73. The second-order valence-corrected chi connectivity index (χ2v) is 3.44. The van der Waals surface area contributed by atoms with Gasteiger partial charge in [0, 0.05) is 0 Å². The summed E-state index contributed by atoms with van der Waals surface area (Å²) in [7, 11) is 0. The first-order valence-electron chi connectivity index (χ1n) is 3.86. The number of Topliss-reactive ketones (excluding diaryl/α,β-unsaturated/α-hetero) is 2. The highest BCUT2D eigenvalue weighted by Gasteiger charge is 2.49. The van der Waals surface area contributed by atoms with E-state index in [0.29, 0.717) is 6.42 Å². The van der Waals surface area contributed by atoms with Crippen molar-refractivity contribution in [3.05, 3.63) is 0 Å². The Morgan fingerprint density at radius 1 is 1.55 bits per heavy atom. The molecule has 2 unspecified atom stereocenters. The molecule has 2 rings (SSSR count). The fraction of sp³-hybridized carbons (Fsp3) is 0.750. The molecule has 0 aromatic carbocycles. The van der Waals surface area contributed by atoms with Crippen LogP contribution >= 0.6 is 0 Å². The van der Waals surface area contributed by atoms with E-state index in [4.69, 9.17) is 4.74 Å². The van der Waals surface area contributed by atoms with E-state index in [2.05, 4.69) is 0 Å². The van der Waals surface area contributed by atoms with E-state index in [9.17, 15) is 9.59 Å². The Morgan fingerprint density at radius 3 is 3.00 bits per heavy atom. The van der Waals surface area contributed by atoms with Crippen molar-refractivity contribution in [2.75, 3.05) is 0 Å². The summed E-state index contributed by atoms with van der Waals surface area (Å²) < 4.78 is 5.31. The summed E-state index contributed by atoms with van der Waals surface area (Å²) in [6.45, 7) is 1.78. The maximum absolute atomic E-state index is 11.2. The van der Waals surface area contributed by atoms with Gasteiger partial charge in [-0.15, -0.1) is 0 Å². The summed E-state index contributed by atoms with van der Waals surface area (Å²) in [6, 6.07) is 0. The molecule has 2 bridgehead atoms. The van der Waals surface area contributed by atoms with Gasteiger partial charge in [-0.1, -0.05) is 0 Å². The summed E-state index contributed by atoms with van der Waals surface area (Å²) in [5.41, 5.74) is -0.626. The Hall–Kier alpha value is -0.700. The number of carbonyl (C=O) groups is 2. The lowest BCUT2D eigenvalue weighted by molar-refractivity contribution is -0.158. The molecule has 2 aliphatic rings. The van der Waals surface area contributed by atoms with Crippen LogP contribution in [0.4, 0.5) is 0 Å². The van der Waals surface area contributed by atoms with E-state index >= 15 is 0 Å². The summed E-state index contributed by atoms with van der Waals surface area (Å²) >= 11 is 0. The van der Waals surface area contributed by atoms with Gasteiger partial charge in [0.25, 0.3) is 0 Å². The van der Waals surface area contributed by atoms with Crippen LogP contribution in [0.1, 0.15) is 26.2 Å². The molecular weight excluding hydrogens is 144 g/mol. The molecule has 0 N–H and O–H groups in total. The third kappa shape index (κ3) is 0.839. The molecule has 2 aliphatic heterocycles. The average Bonchev–Trinajstić information content (AvgIpc) is 2.28. The third-order valence-corrected chi connectivity index (χ3v) is 2.57. The Labute approximate surface area is 64.7 Å². The molecule has 2 atom stereocenters. The van der Waals surface area contributed by atoms with Crippen molar-refractivity contribution >= 4 is 11.6 Å². The molecule has 0 radical (unpaired) electrons. The molecule has 2 fully saturated rings. The van der Waals surface area contributed by atoms with E-state index in [1.807, 2.05) is 0 Å². The van der Waals surface area contributed by atoms with Gasteiger partial charge in [0.1, 0.15) is 11.7 Å². The van der Waals surface area contributed by atoms with E-state index in [-0.39, 0.29) is 24.1 Å². The van der Waals surface area contributed by atoms with Crippen LogP contribution in [0.3, 0.4) is 0 Å². The minimum atomic E-state index is -0.626. The fourth-order valence-corrected chi connectivity index (χ4v) is 1.73. The lowest BCUT2D eigenvalue weighted by Gasteiger charge is -2.26. The van der Waals surface area contributed by atoms with Crippen LogP contribution in [-0.4, -0.2) is 23.3 Å². The molecule has 11 heavy (non-hydrogen) atoms. The summed E-state index contributed by atoms with van der Waals surface area (Å²) in [5.74, 6) is -0.0822. The first-order chi connectivity index (χ1) is 5.12. The molecule has 0 aromatic rings. The molecule has 0 spiro atoms. The van der Waals surface area contributed by atoms with Crippen LogP contribution in [0.2, 0.25) is 0 Å². The minimum absolute atomic E-state index is 0.0371. The summed E-state index contributed by atoms with van der Waals surface area (Å²) in [6.07, 6.45) is 1.24. The van der Waals surface area contributed by atoms with Crippen LogP contribution in [-0.2, 0) is 14.3 Å². The number of rotatable bonds is 0. The number of ketones is 2. The molecule has 3 heteroatoms. The second-order valence-electron chi connectivity index (χ2n) is 3.44. The minimum Gasteiger partial charge on any atom is -0.356 e. The van der Waals surface area contributed by atoms with E-state index in [0.717, 1.165) is 6.42 Å². The highest BCUT2D eigenvalue weighted by molar-refractivity contribution is 6.07. The monoisotopic (exact) mass is 154 g/mol. The van der Waals surface area contributed by atoms with E-state index in [1.54, 1.807) is 6.92 Å². The van der Waals surface area contributed by atoms with Gasteiger partial charge in [-0.05, 0) is 19.8 Å². The molecule has 0 aliphatic carbocycles. The molecule has 2 saturated heterocycles. The Kier molecular flexibility index (Phi) is 1.21. The predicted octanol–water partition coefficient (Wildman–Crippen LogP) is 0.466. The molecule has 60 valence electrons. The zero-order valence-electron chi connectivity index (χ0n) is 6.42. The average molecular weight is 154 g/mol. The van der Waals surface area contributed by atoms with Gasteiger partial charge in [-0.2, -0.15) is 0 Å². The van der Waals surface area contributed by atoms with Gasteiger partial charge in [-0.3, -0.25) is 9.59 Å². The molecule has 0 saturated carbocycles. The Balaban J connectivity index is 2.32. The maximum Gasteiger partial charge on any atom is 0.171 e. The molecule has 0 aromatic heterocycles. The molecule has 2 heterocycles. The highest BCUT2D eigenvalue weighted by atomic mass is 16.5. The van der Waals surface area contributed by atoms with Crippen molar-refractivity contribution < 1.29 is 14.3 Å². The van der Waals surface area contributed by atoms with E-state index < -0.39 is 5.60 Å². The van der Waals surface area contributed by atoms with Crippen molar-refractivity contribution in [3.63, 3.8) is 0 Å². The van der Waals surface area contributed by atoms with Gasteiger partial charge >= 0.3 is 0 Å². The van der Waals surface area contributed by atoms with Crippen LogP contribution in [0.25, 0.3) is 0 Å². The summed E-state index contributed by atoms with van der Waals surface area (Å²) in [4.78, 5) is 22.3. The quantitative estimate of drug-likeness (QED) is 0.476. The Morgan fingerprint density at radius 2 is 2.27 bits per heavy atom. The van der Waals surface area contributed by atoms with Gasteiger partial charge < -0.3 is 4.74 Å². The molecule has 0 amide bonds. The van der Waals surface area contributed by atoms with Crippen LogP contribution in [0.15, 0.2) is 0 Å². The zero-order valence-corrected chi connectivity index (χ0v) is 6.42. The first-order valence-corrected chi connectivity index (χ1v) is 3.86. The van der Waals surface area contributed by atoms with Crippen LogP contribution < -0.4 is 0 Å².